The molecule has 0 unspecified atom stereocenters. The van der Waals surface area contributed by atoms with Crippen LogP contribution in [0, 0.1) is 6.92 Å². The molecule has 0 bridgehead atoms. The Kier molecular flexibility index (Phi) is 4.96. The van der Waals surface area contributed by atoms with E-state index in [-0.39, 0.29) is 5.97 Å². The summed E-state index contributed by atoms with van der Waals surface area (Å²) < 4.78 is 5.52. The molecule has 1 saturated heterocycles. The number of carbonyl (C=O) groups is 1. The Bertz CT molecular complexity index is 661. The van der Waals surface area contributed by atoms with Crippen LogP contribution in [0.5, 0.6) is 0 Å². The van der Waals surface area contributed by atoms with Gasteiger partial charge in [-0.2, -0.15) is 0 Å². The molecule has 1 fully saturated rings. The first kappa shape index (κ1) is 15.6. The Hall–Kier alpha value is -2.29. The number of ether oxygens (including phenoxy) is 1. The van der Waals surface area contributed by atoms with E-state index in [2.05, 4.69) is 17.9 Å². The van der Waals surface area contributed by atoms with Crippen molar-refractivity contribution in [2.75, 3.05) is 18.0 Å². The lowest BCUT2D eigenvalue weighted by atomic mass is 10.0. The van der Waals surface area contributed by atoms with Crippen molar-refractivity contribution in [1.29, 1.82) is 0 Å². The van der Waals surface area contributed by atoms with Crippen molar-refractivity contribution >= 4 is 11.7 Å². The maximum absolute atomic E-state index is 12.5. The summed E-state index contributed by atoms with van der Waals surface area (Å²) in [6, 6.07) is 15.8. The molecule has 23 heavy (non-hydrogen) atoms. The van der Waals surface area contributed by atoms with Crippen molar-refractivity contribution in [3.05, 3.63) is 65.2 Å². The monoisotopic (exact) mass is 309 g/mol. The van der Waals surface area contributed by atoms with Crippen LogP contribution in [-0.2, 0) is 11.3 Å². The first-order chi connectivity index (χ1) is 11.2. The Morgan fingerprint density at radius 2 is 1.78 bits per heavy atom. The summed E-state index contributed by atoms with van der Waals surface area (Å²) in [5, 5.41) is 0. The molecule has 0 aromatic heterocycles. The van der Waals surface area contributed by atoms with Gasteiger partial charge in [-0.05, 0) is 49.4 Å². The Morgan fingerprint density at radius 3 is 2.52 bits per heavy atom. The third-order valence-electron chi connectivity index (χ3n) is 4.28. The molecule has 0 spiro atoms. The summed E-state index contributed by atoms with van der Waals surface area (Å²) in [5.74, 6) is -0.241. The molecule has 0 atom stereocenters. The fourth-order valence-electron chi connectivity index (χ4n) is 3.01. The molecule has 2 aromatic carbocycles. The first-order valence-electron chi connectivity index (χ1n) is 8.31. The molecule has 0 radical (unpaired) electrons. The van der Waals surface area contributed by atoms with Crippen molar-refractivity contribution < 1.29 is 9.53 Å². The molecule has 2 aromatic rings. The molecule has 3 nitrogen and oxygen atoms in total. The Morgan fingerprint density at radius 1 is 1.04 bits per heavy atom. The van der Waals surface area contributed by atoms with Gasteiger partial charge >= 0.3 is 5.97 Å². The topological polar surface area (TPSA) is 29.5 Å². The molecule has 0 aliphatic carbocycles. The minimum absolute atomic E-state index is 0.241. The van der Waals surface area contributed by atoms with Crippen LogP contribution in [0.2, 0.25) is 0 Å². The lowest BCUT2D eigenvalue weighted by Crippen LogP contribution is -2.31. The molecule has 3 heteroatoms. The largest absolute Gasteiger partial charge is 0.457 e. The van der Waals surface area contributed by atoms with E-state index in [0.29, 0.717) is 12.2 Å². The van der Waals surface area contributed by atoms with Gasteiger partial charge in [0, 0.05) is 13.1 Å². The van der Waals surface area contributed by atoms with Crippen molar-refractivity contribution in [2.45, 2.75) is 32.8 Å². The van der Waals surface area contributed by atoms with Gasteiger partial charge in [-0.3, -0.25) is 0 Å². The van der Waals surface area contributed by atoms with Gasteiger partial charge in [-0.15, -0.1) is 0 Å². The van der Waals surface area contributed by atoms with Crippen LogP contribution in [-0.4, -0.2) is 19.1 Å². The predicted molar refractivity (Wildman–Crippen MR) is 92.8 cm³/mol. The van der Waals surface area contributed by atoms with Crippen LogP contribution < -0.4 is 4.90 Å². The van der Waals surface area contributed by atoms with E-state index in [1.807, 2.05) is 42.5 Å². The lowest BCUT2D eigenvalue weighted by Gasteiger charge is -2.30. The summed E-state index contributed by atoms with van der Waals surface area (Å²) >= 11 is 0. The van der Waals surface area contributed by atoms with Crippen LogP contribution >= 0.6 is 0 Å². The number of hydrogen-bond acceptors (Lipinski definition) is 3. The third kappa shape index (κ3) is 3.92. The van der Waals surface area contributed by atoms with Crippen molar-refractivity contribution in [3.63, 3.8) is 0 Å². The van der Waals surface area contributed by atoms with Gasteiger partial charge in [0.15, 0.2) is 0 Å². The second-order valence-corrected chi connectivity index (χ2v) is 6.13. The zero-order valence-corrected chi connectivity index (χ0v) is 13.6. The number of piperidine rings is 1. The molecule has 1 aliphatic rings. The molecule has 0 N–H and O–H groups in total. The van der Waals surface area contributed by atoms with Gasteiger partial charge < -0.3 is 9.64 Å². The minimum atomic E-state index is -0.241. The number of esters is 1. The predicted octanol–water partition coefficient (Wildman–Crippen LogP) is 4.34. The second-order valence-electron chi connectivity index (χ2n) is 6.13. The van der Waals surface area contributed by atoms with E-state index in [4.69, 9.17) is 4.74 Å². The molecule has 0 amide bonds. The lowest BCUT2D eigenvalue weighted by molar-refractivity contribution is 0.0473. The number of nitrogens with zero attached hydrogens (tertiary/aromatic N) is 1. The fraction of sp³-hybridized carbons (Fsp3) is 0.350. The van der Waals surface area contributed by atoms with Gasteiger partial charge in [0.2, 0.25) is 0 Å². The Labute approximate surface area is 137 Å². The minimum Gasteiger partial charge on any atom is -0.457 e. The SMILES string of the molecule is Cc1ccc(C(=O)OCc2ccccc2)c(N2CCCCC2)c1. The van der Waals surface area contributed by atoms with E-state index >= 15 is 0 Å². The van der Waals surface area contributed by atoms with Crippen molar-refractivity contribution in [3.8, 4) is 0 Å². The van der Waals surface area contributed by atoms with Crippen LogP contribution in [0.3, 0.4) is 0 Å². The van der Waals surface area contributed by atoms with Crippen LogP contribution in [0.25, 0.3) is 0 Å². The summed E-state index contributed by atoms with van der Waals surface area (Å²) in [7, 11) is 0. The van der Waals surface area contributed by atoms with Crippen molar-refractivity contribution in [1.82, 2.24) is 0 Å². The third-order valence-corrected chi connectivity index (χ3v) is 4.28. The molecule has 3 rings (SSSR count). The maximum atomic E-state index is 12.5. The first-order valence-corrected chi connectivity index (χ1v) is 8.31. The number of hydrogen-bond donors (Lipinski definition) is 0. The summed E-state index contributed by atoms with van der Waals surface area (Å²) in [4.78, 5) is 14.9. The molecular formula is C20H23NO2. The average molecular weight is 309 g/mol. The smallest absolute Gasteiger partial charge is 0.340 e. The molecule has 1 aliphatic heterocycles. The molecule has 1 heterocycles. The highest BCUT2D eigenvalue weighted by molar-refractivity contribution is 5.96. The quantitative estimate of drug-likeness (QED) is 0.787. The number of anilines is 1. The molecular weight excluding hydrogens is 286 g/mol. The zero-order chi connectivity index (χ0) is 16.1. The highest BCUT2D eigenvalue weighted by Crippen LogP contribution is 2.26. The van der Waals surface area contributed by atoms with Crippen molar-refractivity contribution in [2.24, 2.45) is 0 Å². The van der Waals surface area contributed by atoms with E-state index in [1.54, 1.807) is 0 Å². The average Bonchev–Trinajstić information content (AvgIpc) is 2.61. The summed E-state index contributed by atoms with van der Waals surface area (Å²) in [5.41, 5.74) is 3.87. The molecule has 120 valence electrons. The normalized spacial score (nSPS) is 14.6. The van der Waals surface area contributed by atoms with Gasteiger partial charge in [0.1, 0.15) is 6.61 Å². The van der Waals surface area contributed by atoms with E-state index in [9.17, 15) is 4.79 Å². The van der Waals surface area contributed by atoms with Crippen LogP contribution in [0.1, 0.15) is 40.7 Å². The zero-order valence-electron chi connectivity index (χ0n) is 13.6. The Balaban J connectivity index is 1.76. The fourth-order valence-corrected chi connectivity index (χ4v) is 3.01. The van der Waals surface area contributed by atoms with Gasteiger partial charge in [0.05, 0.1) is 11.3 Å². The standard InChI is InChI=1S/C20H23NO2/c1-16-10-11-18(19(14-16)21-12-6-3-7-13-21)20(22)23-15-17-8-4-2-5-9-17/h2,4-5,8-11,14H,3,6-7,12-13,15H2,1H3. The van der Waals surface area contributed by atoms with E-state index < -0.39 is 0 Å². The second kappa shape index (κ2) is 7.32. The highest BCUT2D eigenvalue weighted by atomic mass is 16.5. The van der Waals surface area contributed by atoms with E-state index in [0.717, 1.165) is 24.3 Å². The molecule has 0 saturated carbocycles. The van der Waals surface area contributed by atoms with E-state index in [1.165, 1.54) is 24.8 Å². The highest BCUT2D eigenvalue weighted by Gasteiger charge is 2.19. The number of carbonyl (C=O) groups excluding carboxylic acids is 1. The van der Waals surface area contributed by atoms with Crippen LogP contribution in [0.15, 0.2) is 48.5 Å². The number of aryl methyl sites for hydroxylation is 1. The summed E-state index contributed by atoms with van der Waals surface area (Å²) in [6.45, 7) is 4.41. The number of rotatable bonds is 4. The van der Waals surface area contributed by atoms with Gasteiger partial charge in [-0.1, -0.05) is 36.4 Å². The summed E-state index contributed by atoms with van der Waals surface area (Å²) in [6.07, 6.45) is 3.65. The van der Waals surface area contributed by atoms with Gasteiger partial charge in [0.25, 0.3) is 0 Å². The van der Waals surface area contributed by atoms with Crippen LogP contribution in [0.4, 0.5) is 5.69 Å². The maximum Gasteiger partial charge on any atom is 0.340 e. The number of benzene rings is 2. The van der Waals surface area contributed by atoms with Gasteiger partial charge in [-0.25, -0.2) is 4.79 Å².